The molecule has 0 fully saturated rings. The van der Waals surface area contributed by atoms with Crippen molar-refractivity contribution in [2.75, 3.05) is 7.11 Å². The molecule has 0 aromatic heterocycles. The van der Waals surface area contributed by atoms with Crippen LogP contribution < -0.4 is 4.74 Å². The van der Waals surface area contributed by atoms with Gasteiger partial charge >= 0.3 is 0 Å². The van der Waals surface area contributed by atoms with Gasteiger partial charge in [-0.05, 0) is 31.4 Å². The molecule has 1 N–H and O–H groups in total. The largest absolute Gasteiger partial charge is 0.496 e. The standard InChI is InChI=1S/C11H16O2/c1-9(12)7-8-10-5-3-4-6-11(10)13-2/h3-6,9,12H,7-8H2,1-2H3. The van der Waals surface area contributed by atoms with E-state index < -0.39 is 0 Å². The van der Waals surface area contributed by atoms with Crippen LogP contribution in [0.4, 0.5) is 0 Å². The molecule has 72 valence electrons. The van der Waals surface area contributed by atoms with E-state index in [4.69, 9.17) is 9.84 Å². The summed E-state index contributed by atoms with van der Waals surface area (Å²) in [6.45, 7) is 1.80. The first-order valence-electron chi connectivity index (χ1n) is 4.54. The third-order valence-corrected chi connectivity index (χ3v) is 2.02. The summed E-state index contributed by atoms with van der Waals surface area (Å²) < 4.78 is 5.20. The maximum Gasteiger partial charge on any atom is 0.122 e. The summed E-state index contributed by atoms with van der Waals surface area (Å²) in [4.78, 5) is 0. The molecule has 0 aliphatic rings. The highest BCUT2D eigenvalue weighted by Gasteiger charge is 2.02. The van der Waals surface area contributed by atoms with Crippen molar-refractivity contribution >= 4 is 0 Å². The van der Waals surface area contributed by atoms with E-state index in [-0.39, 0.29) is 6.10 Å². The Morgan fingerprint density at radius 3 is 2.69 bits per heavy atom. The molecule has 2 heteroatoms. The van der Waals surface area contributed by atoms with Crippen LogP contribution in [0.1, 0.15) is 18.9 Å². The van der Waals surface area contributed by atoms with Gasteiger partial charge in [0.2, 0.25) is 0 Å². The second-order valence-electron chi connectivity index (χ2n) is 3.20. The molecule has 1 aromatic rings. The Morgan fingerprint density at radius 1 is 1.38 bits per heavy atom. The number of benzene rings is 1. The minimum atomic E-state index is -0.245. The summed E-state index contributed by atoms with van der Waals surface area (Å²) in [6.07, 6.45) is 1.40. The Morgan fingerprint density at radius 2 is 2.08 bits per heavy atom. The molecule has 1 aromatic carbocycles. The van der Waals surface area contributed by atoms with Gasteiger partial charge < -0.3 is 9.84 Å². The Hall–Kier alpha value is -1.02. The van der Waals surface area contributed by atoms with Crippen LogP contribution in [0.25, 0.3) is 0 Å². The molecule has 13 heavy (non-hydrogen) atoms. The number of hydrogen-bond acceptors (Lipinski definition) is 2. The van der Waals surface area contributed by atoms with Gasteiger partial charge in [0, 0.05) is 0 Å². The first-order chi connectivity index (χ1) is 6.24. The van der Waals surface area contributed by atoms with Crippen LogP contribution in [-0.4, -0.2) is 18.3 Å². The minimum Gasteiger partial charge on any atom is -0.496 e. The van der Waals surface area contributed by atoms with Crippen molar-refractivity contribution < 1.29 is 9.84 Å². The Balaban J connectivity index is 2.64. The maximum atomic E-state index is 9.14. The smallest absolute Gasteiger partial charge is 0.122 e. The molecule has 1 unspecified atom stereocenters. The fourth-order valence-corrected chi connectivity index (χ4v) is 1.27. The van der Waals surface area contributed by atoms with E-state index in [1.54, 1.807) is 14.0 Å². The average molecular weight is 180 g/mol. The summed E-state index contributed by atoms with van der Waals surface area (Å²) in [6, 6.07) is 7.91. The summed E-state index contributed by atoms with van der Waals surface area (Å²) in [5.41, 5.74) is 1.16. The molecule has 0 radical (unpaired) electrons. The SMILES string of the molecule is COc1ccccc1CCC(C)O. The number of rotatable bonds is 4. The van der Waals surface area contributed by atoms with Crippen molar-refractivity contribution in [1.29, 1.82) is 0 Å². The zero-order valence-corrected chi connectivity index (χ0v) is 8.16. The third kappa shape index (κ3) is 3.07. The van der Waals surface area contributed by atoms with E-state index in [0.717, 1.165) is 24.2 Å². The zero-order chi connectivity index (χ0) is 9.68. The normalized spacial score (nSPS) is 12.5. The molecule has 0 bridgehead atoms. The molecule has 0 saturated heterocycles. The quantitative estimate of drug-likeness (QED) is 0.768. The summed E-state index contributed by atoms with van der Waals surface area (Å²) in [5, 5.41) is 9.14. The fourth-order valence-electron chi connectivity index (χ4n) is 1.27. The Bertz CT molecular complexity index is 256. The first-order valence-corrected chi connectivity index (χ1v) is 4.54. The second kappa shape index (κ2) is 4.87. The van der Waals surface area contributed by atoms with Crippen LogP contribution in [0.2, 0.25) is 0 Å². The molecule has 0 saturated carbocycles. The van der Waals surface area contributed by atoms with E-state index in [0.29, 0.717) is 0 Å². The number of ether oxygens (including phenoxy) is 1. The van der Waals surface area contributed by atoms with Gasteiger partial charge in [0.25, 0.3) is 0 Å². The molecule has 0 heterocycles. The molecule has 0 amide bonds. The summed E-state index contributed by atoms with van der Waals surface area (Å²) in [7, 11) is 1.67. The Labute approximate surface area is 79.2 Å². The van der Waals surface area contributed by atoms with Gasteiger partial charge in [0.15, 0.2) is 0 Å². The number of hydrogen-bond donors (Lipinski definition) is 1. The highest BCUT2D eigenvalue weighted by Crippen LogP contribution is 2.19. The molecular weight excluding hydrogens is 164 g/mol. The molecule has 2 nitrogen and oxygen atoms in total. The van der Waals surface area contributed by atoms with Gasteiger partial charge in [0.05, 0.1) is 13.2 Å². The third-order valence-electron chi connectivity index (χ3n) is 2.02. The van der Waals surface area contributed by atoms with Crippen LogP contribution in [0.15, 0.2) is 24.3 Å². The van der Waals surface area contributed by atoms with Crippen LogP contribution >= 0.6 is 0 Å². The second-order valence-corrected chi connectivity index (χ2v) is 3.20. The highest BCUT2D eigenvalue weighted by atomic mass is 16.5. The maximum absolute atomic E-state index is 9.14. The van der Waals surface area contributed by atoms with Crippen LogP contribution in [0.5, 0.6) is 5.75 Å². The number of aryl methyl sites for hydroxylation is 1. The highest BCUT2D eigenvalue weighted by molar-refractivity contribution is 5.33. The molecule has 0 spiro atoms. The lowest BCUT2D eigenvalue weighted by atomic mass is 10.1. The van der Waals surface area contributed by atoms with Gasteiger partial charge in [0.1, 0.15) is 5.75 Å². The molecule has 0 aliphatic heterocycles. The van der Waals surface area contributed by atoms with Crippen molar-refractivity contribution in [1.82, 2.24) is 0 Å². The number of aliphatic hydroxyl groups is 1. The van der Waals surface area contributed by atoms with E-state index in [2.05, 4.69) is 0 Å². The van der Waals surface area contributed by atoms with Crippen molar-refractivity contribution in [3.8, 4) is 5.75 Å². The predicted molar refractivity (Wildman–Crippen MR) is 53.0 cm³/mol. The molecule has 1 rings (SSSR count). The first kappa shape index (κ1) is 10.1. The number of methoxy groups -OCH3 is 1. The van der Waals surface area contributed by atoms with Crippen LogP contribution in [0, 0.1) is 0 Å². The molecule has 1 atom stereocenters. The van der Waals surface area contributed by atoms with Crippen molar-refractivity contribution in [2.45, 2.75) is 25.9 Å². The lowest BCUT2D eigenvalue weighted by Gasteiger charge is -2.08. The van der Waals surface area contributed by atoms with Gasteiger partial charge in [-0.3, -0.25) is 0 Å². The molecular formula is C11H16O2. The lowest BCUT2D eigenvalue weighted by molar-refractivity contribution is 0.184. The number of para-hydroxylation sites is 1. The van der Waals surface area contributed by atoms with Gasteiger partial charge in [-0.15, -0.1) is 0 Å². The van der Waals surface area contributed by atoms with Crippen LogP contribution in [0.3, 0.4) is 0 Å². The van der Waals surface area contributed by atoms with E-state index in [1.165, 1.54) is 0 Å². The predicted octanol–water partition coefficient (Wildman–Crippen LogP) is 2.01. The summed E-state index contributed by atoms with van der Waals surface area (Å²) in [5.74, 6) is 0.906. The van der Waals surface area contributed by atoms with Gasteiger partial charge in [-0.2, -0.15) is 0 Å². The Kier molecular flexibility index (Phi) is 3.77. The zero-order valence-electron chi connectivity index (χ0n) is 8.16. The van der Waals surface area contributed by atoms with Gasteiger partial charge in [-0.1, -0.05) is 18.2 Å². The lowest BCUT2D eigenvalue weighted by Crippen LogP contribution is -2.02. The minimum absolute atomic E-state index is 0.245. The summed E-state index contributed by atoms with van der Waals surface area (Å²) >= 11 is 0. The molecule has 0 aliphatic carbocycles. The van der Waals surface area contributed by atoms with E-state index >= 15 is 0 Å². The van der Waals surface area contributed by atoms with E-state index in [1.807, 2.05) is 24.3 Å². The topological polar surface area (TPSA) is 29.5 Å². The van der Waals surface area contributed by atoms with Gasteiger partial charge in [-0.25, -0.2) is 0 Å². The fraction of sp³-hybridized carbons (Fsp3) is 0.455. The van der Waals surface area contributed by atoms with Crippen molar-refractivity contribution in [3.63, 3.8) is 0 Å². The average Bonchev–Trinajstić information content (AvgIpc) is 2.15. The monoisotopic (exact) mass is 180 g/mol. The van der Waals surface area contributed by atoms with E-state index in [9.17, 15) is 0 Å². The van der Waals surface area contributed by atoms with Crippen LogP contribution in [-0.2, 0) is 6.42 Å². The number of aliphatic hydroxyl groups excluding tert-OH is 1. The van der Waals surface area contributed by atoms with Crippen molar-refractivity contribution in [2.24, 2.45) is 0 Å². The van der Waals surface area contributed by atoms with Crippen molar-refractivity contribution in [3.05, 3.63) is 29.8 Å².